The van der Waals surface area contributed by atoms with Crippen LogP contribution < -0.4 is 15.2 Å². The fourth-order valence-corrected chi connectivity index (χ4v) is 3.61. The molecule has 0 bridgehead atoms. The molecule has 238 valence electrons. The normalized spacial score (nSPS) is 14.0. The van der Waals surface area contributed by atoms with Crippen LogP contribution in [0, 0.1) is 23.7 Å². The topological polar surface area (TPSA) is 170 Å². The average Bonchev–Trinajstić information content (AvgIpc) is 2.91. The highest BCUT2D eigenvalue weighted by Crippen LogP contribution is 2.36. The van der Waals surface area contributed by atoms with E-state index in [1.807, 2.05) is 41.5 Å². The minimum Gasteiger partial charge on any atom is -0.480 e. The second-order valence-corrected chi connectivity index (χ2v) is 11.2. The van der Waals surface area contributed by atoms with Gasteiger partial charge in [0.1, 0.15) is 6.04 Å². The number of hydrogen-bond donors (Lipinski definition) is 2. The molecule has 0 aromatic heterocycles. The Bertz CT molecular complexity index is 1010. The number of carboxylic acids is 1. The van der Waals surface area contributed by atoms with E-state index in [0.29, 0.717) is 24.3 Å². The second-order valence-electron chi connectivity index (χ2n) is 11.2. The van der Waals surface area contributed by atoms with E-state index in [-0.39, 0.29) is 49.8 Å². The Morgan fingerprint density at radius 1 is 0.762 bits per heavy atom. The summed E-state index contributed by atoms with van der Waals surface area (Å²) in [4.78, 5) is 48.7. The third-order valence-electron chi connectivity index (χ3n) is 6.50. The number of aliphatic carboxylic acids is 1. The first-order valence-corrected chi connectivity index (χ1v) is 14.4. The molecule has 1 aromatic carbocycles. The zero-order valence-electron chi connectivity index (χ0n) is 25.8. The van der Waals surface area contributed by atoms with Gasteiger partial charge in [0.25, 0.3) is 0 Å². The van der Waals surface area contributed by atoms with Crippen molar-refractivity contribution in [2.45, 2.75) is 79.7 Å². The van der Waals surface area contributed by atoms with Crippen LogP contribution in [-0.2, 0) is 23.7 Å². The Balaban J connectivity index is 3.23. The number of carbonyl (C=O) groups is 4. The molecule has 0 aliphatic carbocycles. The molecule has 3 N–H and O–H groups in total. The molecule has 1 aromatic rings. The fraction of sp³-hybridized carbons (Fsp3) is 0.667. The van der Waals surface area contributed by atoms with E-state index in [2.05, 4.69) is 0 Å². The van der Waals surface area contributed by atoms with Gasteiger partial charge in [-0.25, -0.2) is 14.4 Å². The molecule has 0 fully saturated rings. The maximum atomic E-state index is 12.4. The fourth-order valence-electron chi connectivity index (χ4n) is 3.61. The van der Waals surface area contributed by atoms with E-state index in [0.717, 1.165) is 6.42 Å². The zero-order chi connectivity index (χ0) is 31.8. The zero-order valence-corrected chi connectivity index (χ0v) is 25.8. The van der Waals surface area contributed by atoms with Gasteiger partial charge in [-0.15, -0.1) is 0 Å². The molecular formula is C30H47NO11. The van der Waals surface area contributed by atoms with Gasteiger partial charge in [-0.05, 0) is 54.2 Å². The van der Waals surface area contributed by atoms with Gasteiger partial charge < -0.3 is 39.3 Å². The number of hydrogen-bond acceptors (Lipinski definition) is 11. The molecule has 0 saturated carbocycles. The molecule has 12 nitrogen and oxygen atoms in total. The molecule has 42 heavy (non-hydrogen) atoms. The molecule has 3 unspecified atom stereocenters. The van der Waals surface area contributed by atoms with Gasteiger partial charge in [0.15, 0.2) is 11.5 Å². The van der Waals surface area contributed by atoms with E-state index in [1.54, 1.807) is 6.92 Å². The molecule has 0 amide bonds. The van der Waals surface area contributed by atoms with Gasteiger partial charge in [0.2, 0.25) is 0 Å². The summed E-state index contributed by atoms with van der Waals surface area (Å²) in [6, 6.07) is 2.74. The maximum Gasteiger partial charge on any atom is 0.513 e. The van der Waals surface area contributed by atoms with Crippen LogP contribution in [-0.4, -0.2) is 62.0 Å². The third-order valence-corrected chi connectivity index (χ3v) is 6.50. The predicted molar refractivity (Wildman–Crippen MR) is 154 cm³/mol. The van der Waals surface area contributed by atoms with Crippen LogP contribution in [0.5, 0.6) is 11.5 Å². The minimum absolute atomic E-state index is 0.109. The molecule has 0 aliphatic rings. The summed E-state index contributed by atoms with van der Waals surface area (Å²) in [5.74, 6) is -2.40. The number of nitrogens with two attached hydrogens (primary N) is 1. The van der Waals surface area contributed by atoms with Crippen molar-refractivity contribution >= 4 is 24.4 Å². The molecule has 1 rings (SSSR count). The van der Waals surface area contributed by atoms with Crippen LogP contribution in [0.3, 0.4) is 0 Å². The lowest BCUT2D eigenvalue weighted by Crippen LogP contribution is -2.40. The Labute approximate surface area is 248 Å². The van der Waals surface area contributed by atoms with Crippen LogP contribution in [0.2, 0.25) is 0 Å². The number of carboxylic acid groups (broad SMARTS) is 1. The van der Waals surface area contributed by atoms with E-state index in [4.69, 9.17) is 34.2 Å². The van der Waals surface area contributed by atoms with Crippen LogP contribution in [0.1, 0.15) is 79.2 Å². The lowest BCUT2D eigenvalue weighted by molar-refractivity contribution is -0.139. The van der Waals surface area contributed by atoms with E-state index < -0.39 is 42.3 Å². The largest absolute Gasteiger partial charge is 0.513 e. The summed E-state index contributed by atoms with van der Waals surface area (Å²) < 4.78 is 31.2. The number of carbonyl (C=O) groups excluding carboxylic acids is 3. The van der Waals surface area contributed by atoms with Gasteiger partial charge in [0, 0.05) is 5.92 Å². The molecule has 0 spiro atoms. The molecule has 0 radical (unpaired) electrons. The number of rotatable bonds is 17. The summed E-state index contributed by atoms with van der Waals surface area (Å²) >= 11 is 0. The van der Waals surface area contributed by atoms with Gasteiger partial charge in [-0.1, -0.05) is 61.0 Å². The summed E-state index contributed by atoms with van der Waals surface area (Å²) in [6.07, 6.45) is -0.863. The molecule has 0 saturated heterocycles. The van der Waals surface area contributed by atoms with Crippen molar-refractivity contribution in [1.82, 2.24) is 0 Å². The second kappa shape index (κ2) is 18.8. The number of ether oxygens (including phenoxy) is 6. The lowest BCUT2D eigenvalue weighted by atomic mass is 9.82. The van der Waals surface area contributed by atoms with E-state index in [1.165, 1.54) is 18.2 Å². The lowest BCUT2D eigenvalue weighted by Gasteiger charge is -2.28. The SMILES string of the molecule is CCC(C)COC(=O)OCC(C)C(c1ccc(OC(=O)OCCC(C)C)c(OC(=O)OCCC(C)C)c1)[C@H](N)C(=O)O. The van der Waals surface area contributed by atoms with Crippen LogP contribution in [0.25, 0.3) is 0 Å². The van der Waals surface area contributed by atoms with Gasteiger partial charge in [0.05, 0.1) is 26.4 Å². The van der Waals surface area contributed by atoms with Gasteiger partial charge in [-0.2, -0.15) is 0 Å². The van der Waals surface area contributed by atoms with Crippen molar-refractivity contribution in [3.63, 3.8) is 0 Å². The van der Waals surface area contributed by atoms with Gasteiger partial charge in [-0.3, -0.25) is 4.79 Å². The van der Waals surface area contributed by atoms with Crippen molar-refractivity contribution < 1.29 is 52.7 Å². The van der Waals surface area contributed by atoms with Crippen LogP contribution in [0.4, 0.5) is 14.4 Å². The highest BCUT2D eigenvalue weighted by atomic mass is 16.7. The van der Waals surface area contributed by atoms with Crippen molar-refractivity contribution in [2.75, 3.05) is 26.4 Å². The van der Waals surface area contributed by atoms with Crippen molar-refractivity contribution in [1.29, 1.82) is 0 Å². The monoisotopic (exact) mass is 597 g/mol. The summed E-state index contributed by atoms with van der Waals surface area (Å²) in [6.45, 7) is 13.7. The smallest absolute Gasteiger partial charge is 0.480 e. The standard InChI is InChI=1S/C30H47NO11/c1-8-20(6)16-39-28(34)40-17-21(7)25(26(31)27(32)33)22-9-10-23(41-29(35)37-13-11-18(2)3)24(15-22)42-30(36)38-14-12-19(4)5/h9-10,15,18-21,25-26H,8,11-14,16-17,31H2,1-7H3,(H,32,33)/t20?,21?,25?,26-/m0/s1. The van der Waals surface area contributed by atoms with Crippen molar-refractivity contribution in [3.05, 3.63) is 23.8 Å². The van der Waals surface area contributed by atoms with Gasteiger partial charge >= 0.3 is 24.4 Å². The number of benzene rings is 1. The molecular weight excluding hydrogens is 550 g/mol. The maximum absolute atomic E-state index is 12.4. The predicted octanol–water partition coefficient (Wildman–Crippen LogP) is 6.14. The summed E-state index contributed by atoms with van der Waals surface area (Å²) in [7, 11) is 0. The highest BCUT2D eigenvalue weighted by Gasteiger charge is 2.33. The van der Waals surface area contributed by atoms with Crippen LogP contribution in [0.15, 0.2) is 18.2 Å². The first-order chi connectivity index (χ1) is 19.7. The summed E-state index contributed by atoms with van der Waals surface area (Å²) in [5.41, 5.74) is 6.38. The molecule has 0 aliphatic heterocycles. The Kier molecular flexibility index (Phi) is 16.3. The first kappa shape index (κ1) is 36.5. The van der Waals surface area contributed by atoms with E-state index in [9.17, 15) is 24.3 Å². The Hall–Kier alpha value is -3.54. The Morgan fingerprint density at radius 3 is 1.79 bits per heavy atom. The Morgan fingerprint density at radius 2 is 1.29 bits per heavy atom. The van der Waals surface area contributed by atoms with Crippen LogP contribution >= 0.6 is 0 Å². The first-order valence-electron chi connectivity index (χ1n) is 14.4. The quantitative estimate of drug-likeness (QED) is 0.120. The molecule has 12 heteroatoms. The highest BCUT2D eigenvalue weighted by molar-refractivity contribution is 5.75. The summed E-state index contributed by atoms with van der Waals surface area (Å²) in [5, 5.41) is 9.72. The van der Waals surface area contributed by atoms with E-state index >= 15 is 0 Å². The minimum atomic E-state index is -1.42. The average molecular weight is 598 g/mol. The molecule has 0 heterocycles. The third kappa shape index (κ3) is 13.9. The van der Waals surface area contributed by atoms with Crippen molar-refractivity contribution in [2.24, 2.45) is 29.4 Å². The van der Waals surface area contributed by atoms with Crippen molar-refractivity contribution in [3.8, 4) is 11.5 Å². The molecule has 4 atom stereocenters.